The minimum absolute atomic E-state index is 0.0200. The summed E-state index contributed by atoms with van der Waals surface area (Å²) in [5, 5.41) is 15.5. The molecule has 0 atom stereocenters. The molecule has 72 valence electrons. The summed E-state index contributed by atoms with van der Waals surface area (Å²) < 4.78 is 13.4. The molecule has 5 heteroatoms. The van der Waals surface area contributed by atoms with Gasteiger partial charge in [0.2, 0.25) is 0 Å². The largest absolute Gasteiger partial charge is 0.379 e. The van der Waals surface area contributed by atoms with Gasteiger partial charge in [-0.15, -0.1) is 0 Å². The first-order valence-corrected chi connectivity index (χ1v) is 4.78. The fourth-order valence-electron chi connectivity index (χ4n) is 0.933. The summed E-state index contributed by atoms with van der Waals surface area (Å²) in [6.07, 6.45) is 0. The lowest BCUT2D eigenvalue weighted by Gasteiger charge is -2.02. The molecule has 0 saturated heterocycles. The number of hydrogen-bond acceptors (Lipinski definition) is 3. The second-order valence-corrected chi connectivity index (χ2v) is 3.56. The lowest BCUT2D eigenvalue weighted by molar-refractivity contribution is 0.613. The van der Waals surface area contributed by atoms with Gasteiger partial charge in [-0.05, 0) is 11.6 Å². The third-order valence-corrected chi connectivity index (χ3v) is 2.35. The van der Waals surface area contributed by atoms with Crippen LogP contribution in [0.2, 0.25) is 0 Å². The summed E-state index contributed by atoms with van der Waals surface area (Å²) in [6, 6.07) is 6.35. The van der Waals surface area contributed by atoms with Crippen molar-refractivity contribution in [3.05, 3.63) is 35.1 Å². The van der Waals surface area contributed by atoms with Crippen molar-refractivity contribution in [1.29, 1.82) is 10.7 Å². The number of rotatable bonds is 2. The maximum atomic E-state index is 13.4. The SMILES string of the molecule is N#Cc1cccc(CSC(=N)N)c1F. The quantitative estimate of drug-likeness (QED) is 0.576. The lowest BCUT2D eigenvalue weighted by Crippen LogP contribution is -2.04. The lowest BCUT2D eigenvalue weighted by atomic mass is 10.1. The number of nitrogens with one attached hydrogen (secondary N) is 1. The van der Waals surface area contributed by atoms with Crippen LogP contribution < -0.4 is 5.73 Å². The van der Waals surface area contributed by atoms with E-state index in [0.717, 1.165) is 11.8 Å². The van der Waals surface area contributed by atoms with Crippen LogP contribution in [-0.4, -0.2) is 5.17 Å². The number of hydrogen-bond donors (Lipinski definition) is 2. The molecule has 0 aliphatic carbocycles. The van der Waals surface area contributed by atoms with Crippen LogP contribution in [0.5, 0.6) is 0 Å². The molecule has 0 fully saturated rings. The van der Waals surface area contributed by atoms with Crippen LogP contribution in [0, 0.1) is 22.6 Å². The van der Waals surface area contributed by atoms with Crippen molar-refractivity contribution >= 4 is 16.9 Å². The molecular formula is C9H8FN3S. The number of halogens is 1. The van der Waals surface area contributed by atoms with Gasteiger partial charge in [0, 0.05) is 5.75 Å². The Kier molecular flexibility index (Phi) is 3.48. The number of nitrogens with two attached hydrogens (primary N) is 1. The van der Waals surface area contributed by atoms with E-state index in [1.54, 1.807) is 18.2 Å². The molecular weight excluding hydrogens is 201 g/mol. The van der Waals surface area contributed by atoms with Crippen molar-refractivity contribution in [2.75, 3.05) is 0 Å². The zero-order chi connectivity index (χ0) is 10.6. The Bertz CT molecular complexity index is 398. The first kappa shape index (κ1) is 10.5. The average molecular weight is 209 g/mol. The van der Waals surface area contributed by atoms with E-state index in [-0.39, 0.29) is 16.5 Å². The Labute approximate surface area is 85.2 Å². The van der Waals surface area contributed by atoms with Crippen LogP contribution >= 0.6 is 11.8 Å². The maximum Gasteiger partial charge on any atom is 0.151 e. The standard InChI is InChI=1S/C9H8FN3S/c10-8-6(4-11)2-1-3-7(8)5-14-9(12)13/h1-3H,5H2,(H3,12,13). The second kappa shape index (κ2) is 4.63. The Morgan fingerprint density at radius 2 is 2.36 bits per heavy atom. The van der Waals surface area contributed by atoms with Gasteiger partial charge in [0.25, 0.3) is 0 Å². The first-order valence-electron chi connectivity index (χ1n) is 3.79. The van der Waals surface area contributed by atoms with Gasteiger partial charge in [0.1, 0.15) is 11.9 Å². The Hall–Kier alpha value is -1.54. The predicted molar refractivity (Wildman–Crippen MR) is 54.3 cm³/mol. The molecule has 0 heterocycles. The maximum absolute atomic E-state index is 13.4. The first-order chi connectivity index (χ1) is 6.65. The molecule has 0 aliphatic heterocycles. The van der Waals surface area contributed by atoms with Crippen molar-refractivity contribution < 1.29 is 4.39 Å². The van der Waals surface area contributed by atoms with Crippen LogP contribution in [0.1, 0.15) is 11.1 Å². The van der Waals surface area contributed by atoms with Crippen LogP contribution in [0.4, 0.5) is 4.39 Å². The molecule has 0 amide bonds. The van der Waals surface area contributed by atoms with Gasteiger partial charge in [-0.1, -0.05) is 23.9 Å². The van der Waals surface area contributed by atoms with E-state index in [1.807, 2.05) is 0 Å². The van der Waals surface area contributed by atoms with Gasteiger partial charge in [-0.25, -0.2) is 4.39 Å². The average Bonchev–Trinajstić information content (AvgIpc) is 2.16. The molecule has 3 nitrogen and oxygen atoms in total. The fraction of sp³-hybridized carbons (Fsp3) is 0.111. The van der Waals surface area contributed by atoms with Crippen molar-refractivity contribution in [3.63, 3.8) is 0 Å². The van der Waals surface area contributed by atoms with E-state index in [9.17, 15) is 4.39 Å². The zero-order valence-corrected chi connectivity index (χ0v) is 8.07. The minimum Gasteiger partial charge on any atom is -0.379 e. The molecule has 0 saturated carbocycles. The van der Waals surface area contributed by atoms with E-state index in [2.05, 4.69) is 0 Å². The monoisotopic (exact) mass is 209 g/mol. The van der Waals surface area contributed by atoms with Crippen LogP contribution in [0.3, 0.4) is 0 Å². The highest BCUT2D eigenvalue weighted by molar-refractivity contribution is 8.13. The summed E-state index contributed by atoms with van der Waals surface area (Å²) >= 11 is 1.03. The van der Waals surface area contributed by atoms with Gasteiger partial charge < -0.3 is 5.73 Å². The van der Waals surface area contributed by atoms with Gasteiger partial charge >= 0.3 is 0 Å². The van der Waals surface area contributed by atoms with Crippen LogP contribution in [0.15, 0.2) is 18.2 Å². The Morgan fingerprint density at radius 3 is 2.93 bits per heavy atom. The van der Waals surface area contributed by atoms with Gasteiger partial charge in [0.15, 0.2) is 5.17 Å². The number of amidine groups is 1. The number of nitrogens with zero attached hydrogens (tertiary/aromatic N) is 1. The predicted octanol–water partition coefficient (Wildman–Crippen LogP) is 1.82. The van der Waals surface area contributed by atoms with Crippen LogP contribution in [-0.2, 0) is 5.75 Å². The smallest absolute Gasteiger partial charge is 0.151 e. The summed E-state index contributed by atoms with van der Waals surface area (Å²) in [6.45, 7) is 0. The van der Waals surface area contributed by atoms with E-state index < -0.39 is 5.82 Å². The third-order valence-electron chi connectivity index (χ3n) is 1.58. The summed E-state index contributed by atoms with van der Waals surface area (Å²) in [5.74, 6) is -0.250. The highest BCUT2D eigenvalue weighted by Crippen LogP contribution is 2.17. The van der Waals surface area contributed by atoms with E-state index in [0.29, 0.717) is 5.56 Å². The van der Waals surface area contributed by atoms with Crippen molar-refractivity contribution in [3.8, 4) is 6.07 Å². The van der Waals surface area contributed by atoms with Crippen LogP contribution in [0.25, 0.3) is 0 Å². The Balaban J connectivity index is 2.88. The van der Waals surface area contributed by atoms with Crippen molar-refractivity contribution in [1.82, 2.24) is 0 Å². The van der Waals surface area contributed by atoms with E-state index >= 15 is 0 Å². The molecule has 1 rings (SSSR count). The molecule has 14 heavy (non-hydrogen) atoms. The topological polar surface area (TPSA) is 73.7 Å². The van der Waals surface area contributed by atoms with E-state index in [1.165, 1.54) is 6.07 Å². The number of thioether (sulfide) groups is 1. The molecule has 0 radical (unpaired) electrons. The number of benzene rings is 1. The van der Waals surface area contributed by atoms with Gasteiger partial charge in [-0.2, -0.15) is 5.26 Å². The van der Waals surface area contributed by atoms with E-state index in [4.69, 9.17) is 16.4 Å². The fourth-order valence-corrected chi connectivity index (χ4v) is 1.47. The molecule has 0 aliphatic rings. The molecule has 0 aromatic heterocycles. The molecule has 0 unspecified atom stereocenters. The highest BCUT2D eigenvalue weighted by Gasteiger charge is 2.07. The molecule has 0 spiro atoms. The second-order valence-electron chi connectivity index (χ2n) is 2.54. The summed E-state index contributed by atoms with van der Waals surface area (Å²) in [5.41, 5.74) is 5.53. The normalized spacial score (nSPS) is 9.43. The minimum atomic E-state index is -0.524. The van der Waals surface area contributed by atoms with Crippen molar-refractivity contribution in [2.24, 2.45) is 5.73 Å². The molecule has 3 N–H and O–H groups in total. The third kappa shape index (κ3) is 2.47. The zero-order valence-electron chi connectivity index (χ0n) is 7.25. The van der Waals surface area contributed by atoms with Crippen molar-refractivity contribution in [2.45, 2.75) is 5.75 Å². The summed E-state index contributed by atoms with van der Waals surface area (Å²) in [4.78, 5) is 0. The molecule has 1 aromatic carbocycles. The molecule has 1 aromatic rings. The van der Waals surface area contributed by atoms with Gasteiger partial charge in [-0.3, -0.25) is 5.41 Å². The number of nitriles is 1. The van der Waals surface area contributed by atoms with Gasteiger partial charge in [0.05, 0.1) is 5.56 Å². The summed E-state index contributed by atoms with van der Waals surface area (Å²) in [7, 11) is 0. The Morgan fingerprint density at radius 1 is 1.64 bits per heavy atom. The molecule has 0 bridgehead atoms. The highest BCUT2D eigenvalue weighted by atomic mass is 32.2.